The third-order valence-electron chi connectivity index (χ3n) is 2.56. The van der Waals surface area contributed by atoms with Gasteiger partial charge in [0.25, 0.3) is 0 Å². The lowest BCUT2D eigenvalue weighted by atomic mass is 10.1. The zero-order valence-corrected chi connectivity index (χ0v) is 10.9. The average Bonchev–Trinajstić information content (AvgIpc) is 2.90. The summed E-state index contributed by atoms with van der Waals surface area (Å²) in [7, 11) is -3.49. The minimum atomic E-state index is -3.49. The molecular formula is C13H12N2O3S. The van der Waals surface area contributed by atoms with Crippen LogP contribution in [0.1, 0.15) is 16.7 Å². The van der Waals surface area contributed by atoms with Crippen LogP contribution in [0.15, 0.2) is 47.3 Å². The van der Waals surface area contributed by atoms with E-state index in [4.69, 9.17) is 9.68 Å². The Morgan fingerprint density at radius 1 is 1.26 bits per heavy atom. The molecule has 0 radical (unpaired) electrons. The molecule has 0 atom stereocenters. The summed E-state index contributed by atoms with van der Waals surface area (Å²) < 4.78 is 31.1. The zero-order valence-electron chi connectivity index (χ0n) is 10.0. The predicted molar refractivity (Wildman–Crippen MR) is 69.3 cm³/mol. The van der Waals surface area contributed by atoms with Crippen molar-refractivity contribution in [1.29, 1.82) is 5.26 Å². The second-order valence-electron chi connectivity index (χ2n) is 3.98. The van der Waals surface area contributed by atoms with Crippen LogP contribution in [0, 0.1) is 11.3 Å². The molecule has 2 rings (SSSR count). The fourth-order valence-electron chi connectivity index (χ4n) is 1.60. The van der Waals surface area contributed by atoms with Gasteiger partial charge in [0.05, 0.1) is 29.9 Å². The summed E-state index contributed by atoms with van der Waals surface area (Å²) in [5.41, 5.74) is 1.61. The van der Waals surface area contributed by atoms with Crippen molar-refractivity contribution in [3.8, 4) is 6.07 Å². The van der Waals surface area contributed by atoms with Gasteiger partial charge in [0, 0.05) is 12.1 Å². The molecular weight excluding hydrogens is 264 g/mol. The van der Waals surface area contributed by atoms with E-state index >= 15 is 0 Å². The Hall–Kier alpha value is -2.10. The van der Waals surface area contributed by atoms with Crippen LogP contribution in [-0.2, 0) is 22.3 Å². The third kappa shape index (κ3) is 3.68. The summed E-state index contributed by atoms with van der Waals surface area (Å²) in [5.74, 6) is -0.214. The quantitative estimate of drug-likeness (QED) is 0.902. The number of rotatable bonds is 5. The molecule has 1 aromatic heterocycles. The molecule has 2 aromatic rings. The maximum absolute atomic E-state index is 11.9. The Kier molecular flexibility index (Phi) is 4.00. The lowest BCUT2D eigenvalue weighted by Gasteiger charge is -2.06. The molecule has 0 aliphatic rings. The van der Waals surface area contributed by atoms with Crippen LogP contribution in [0.5, 0.6) is 0 Å². The smallest absolute Gasteiger partial charge is 0.216 e. The van der Waals surface area contributed by atoms with E-state index in [9.17, 15) is 8.42 Å². The standard InChI is InChI=1S/C13H12N2O3S/c14-7-12-3-1-2-4-13(12)10-19(16,17)15-8-11-5-6-18-9-11/h1-6,9,15H,8,10H2. The van der Waals surface area contributed by atoms with E-state index in [1.165, 1.54) is 12.5 Å². The van der Waals surface area contributed by atoms with E-state index in [2.05, 4.69) is 4.72 Å². The highest BCUT2D eigenvalue weighted by atomic mass is 32.2. The molecule has 0 aliphatic carbocycles. The van der Waals surface area contributed by atoms with Crippen LogP contribution >= 0.6 is 0 Å². The van der Waals surface area contributed by atoms with Gasteiger partial charge in [0.1, 0.15) is 0 Å². The van der Waals surface area contributed by atoms with Crippen LogP contribution in [0.25, 0.3) is 0 Å². The first-order valence-electron chi connectivity index (χ1n) is 5.57. The number of nitrogens with one attached hydrogen (secondary N) is 1. The van der Waals surface area contributed by atoms with Gasteiger partial charge in [-0.1, -0.05) is 18.2 Å². The summed E-state index contributed by atoms with van der Waals surface area (Å²) in [5, 5.41) is 8.92. The minimum absolute atomic E-state index is 0.174. The summed E-state index contributed by atoms with van der Waals surface area (Å²) in [4.78, 5) is 0. The van der Waals surface area contributed by atoms with Crippen molar-refractivity contribution < 1.29 is 12.8 Å². The van der Waals surface area contributed by atoms with Crippen molar-refractivity contribution in [2.24, 2.45) is 0 Å². The summed E-state index contributed by atoms with van der Waals surface area (Å²) in [6.07, 6.45) is 2.96. The van der Waals surface area contributed by atoms with E-state index in [-0.39, 0.29) is 12.3 Å². The molecule has 6 heteroatoms. The average molecular weight is 276 g/mol. The maximum atomic E-state index is 11.9. The summed E-state index contributed by atoms with van der Waals surface area (Å²) >= 11 is 0. The largest absolute Gasteiger partial charge is 0.472 e. The molecule has 1 aromatic carbocycles. The van der Waals surface area contributed by atoms with Crippen molar-refractivity contribution >= 4 is 10.0 Å². The number of hydrogen-bond acceptors (Lipinski definition) is 4. The van der Waals surface area contributed by atoms with E-state index in [1.54, 1.807) is 30.3 Å². The summed E-state index contributed by atoms with van der Waals surface area (Å²) in [6.45, 7) is 0.174. The topological polar surface area (TPSA) is 83.1 Å². The van der Waals surface area contributed by atoms with E-state index in [0.717, 1.165) is 5.56 Å². The monoisotopic (exact) mass is 276 g/mol. The van der Waals surface area contributed by atoms with Gasteiger partial charge in [-0.15, -0.1) is 0 Å². The maximum Gasteiger partial charge on any atom is 0.216 e. The molecule has 19 heavy (non-hydrogen) atoms. The molecule has 0 saturated carbocycles. The molecule has 0 bridgehead atoms. The zero-order chi connectivity index (χ0) is 13.7. The highest BCUT2D eigenvalue weighted by molar-refractivity contribution is 7.88. The Morgan fingerprint density at radius 3 is 2.74 bits per heavy atom. The highest BCUT2D eigenvalue weighted by Gasteiger charge is 2.14. The van der Waals surface area contributed by atoms with Gasteiger partial charge in [-0.25, -0.2) is 13.1 Å². The van der Waals surface area contributed by atoms with Crippen LogP contribution < -0.4 is 4.72 Å². The van der Waals surface area contributed by atoms with Gasteiger partial charge in [-0.2, -0.15) is 5.26 Å². The van der Waals surface area contributed by atoms with E-state index in [1.807, 2.05) is 6.07 Å². The van der Waals surface area contributed by atoms with Crippen LogP contribution in [-0.4, -0.2) is 8.42 Å². The van der Waals surface area contributed by atoms with Crippen LogP contribution in [0.2, 0.25) is 0 Å². The molecule has 0 unspecified atom stereocenters. The molecule has 1 N–H and O–H groups in total. The molecule has 0 aliphatic heterocycles. The number of furan rings is 1. The van der Waals surface area contributed by atoms with Crippen LogP contribution in [0.3, 0.4) is 0 Å². The fourth-order valence-corrected chi connectivity index (χ4v) is 2.75. The van der Waals surface area contributed by atoms with Crippen molar-refractivity contribution in [2.75, 3.05) is 0 Å². The first-order chi connectivity index (χ1) is 9.11. The van der Waals surface area contributed by atoms with Gasteiger partial charge in [0.15, 0.2) is 0 Å². The third-order valence-corrected chi connectivity index (χ3v) is 3.83. The second-order valence-corrected chi connectivity index (χ2v) is 5.79. The minimum Gasteiger partial charge on any atom is -0.472 e. The normalized spacial score (nSPS) is 11.1. The van der Waals surface area contributed by atoms with Gasteiger partial charge in [-0.3, -0.25) is 0 Å². The predicted octanol–water partition coefficient (Wildman–Crippen LogP) is 1.77. The highest BCUT2D eigenvalue weighted by Crippen LogP contribution is 2.11. The van der Waals surface area contributed by atoms with Gasteiger partial charge in [0.2, 0.25) is 10.0 Å². The number of nitrogens with zero attached hydrogens (tertiary/aromatic N) is 1. The summed E-state index contributed by atoms with van der Waals surface area (Å²) in [6, 6.07) is 10.3. The second kappa shape index (κ2) is 5.69. The Balaban J connectivity index is 2.07. The Bertz CT molecular complexity index is 685. The Labute approximate surface area is 111 Å². The molecule has 0 spiro atoms. The molecule has 0 fully saturated rings. The number of benzene rings is 1. The molecule has 1 heterocycles. The molecule has 5 nitrogen and oxygen atoms in total. The van der Waals surface area contributed by atoms with Gasteiger partial charge < -0.3 is 4.42 Å². The number of nitriles is 1. The van der Waals surface area contributed by atoms with Gasteiger partial charge in [-0.05, 0) is 17.7 Å². The van der Waals surface area contributed by atoms with Crippen molar-refractivity contribution in [3.05, 3.63) is 59.5 Å². The SMILES string of the molecule is N#Cc1ccccc1CS(=O)(=O)NCc1ccoc1. The van der Waals surface area contributed by atoms with E-state index < -0.39 is 10.0 Å². The molecule has 98 valence electrons. The Morgan fingerprint density at radius 2 is 2.05 bits per heavy atom. The molecule has 0 saturated heterocycles. The van der Waals surface area contributed by atoms with Crippen molar-refractivity contribution in [2.45, 2.75) is 12.3 Å². The molecule has 0 amide bonds. The van der Waals surface area contributed by atoms with Crippen molar-refractivity contribution in [1.82, 2.24) is 4.72 Å². The number of sulfonamides is 1. The number of hydrogen-bond donors (Lipinski definition) is 1. The first-order valence-corrected chi connectivity index (χ1v) is 7.22. The van der Waals surface area contributed by atoms with Crippen LogP contribution in [0.4, 0.5) is 0 Å². The van der Waals surface area contributed by atoms with Gasteiger partial charge >= 0.3 is 0 Å². The fraction of sp³-hybridized carbons (Fsp3) is 0.154. The first kappa shape index (κ1) is 13.3. The van der Waals surface area contributed by atoms with E-state index in [0.29, 0.717) is 11.1 Å². The lowest BCUT2D eigenvalue weighted by molar-refractivity contribution is 0.561. The lowest BCUT2D eigenvalue weighted by Crippen LogP contribution is -2.24. The van der Waals surface area contributed by atoms with Crippen molar-refractivity contribution in [3.63, 3.8) is 0 Å².